The summed E-state index contributed by atoms with van der Waals surface area (Å²) in [4.78, 5) is 12.2. The maximum atomic E-state index is 11.7. The molecule has 0 spiro atoms. The summed E-state index contributed by atoms with van der Waals surface area (Å²) in [6.07, 6.45) is 4.43. The Morgan fingerprint density at radius 2 is 2.18 bits per heavy atom. The number of hydrogen-bond acceptors (Lipinski definition) is 5. The Kier molecular flexibility index (Phi) is 5.23. The van der Waals surface area contributed by atoms with Crippen molar-refractivity contribution in [3.05, 3.63) is 14.8 Å². The van der Waals surface area contributed by atoms with E-state index in [0.717, 1.165) is 44.5 Å². The van der Waals surface area contributed by atoms with Gasteiger partial charge in [-0.25, -0.2) is 0 Å². The molecule has 2 aliphatic rings. The molecule has 0 saturated carbocycles. The molecule has 0 aromatic carbocycles. The van der Waals surface area contributed by atoms with Gasteiger partial charge in [0.1, 0.15) is 21.6 Å². The van der Waals surface area contributed by atoms with E-state index in [4.69, 9.17) is 22.1 Å². The zero-order valence-electron chi connectivity index (χ0n) is 12.5. The highest BCUT2D eigenvalue weighted by Crippen LogP contribution is 2.45. The molecule has 1 amide bonds. The van der Waals surface area contributed by atoms with E-state index in [-0.39, 0.29) is 5.92 Å². The molecule has 0 radical (unpaired) electrons. The summed E-state index contributed by atoms with van der Waals surface area (Å²) in [5.41, 5.74) is 6.48. The van der Waals surface area contributed by atoms with Crippen molar-refractivity contribution >= 4 is 28.8 Å². The molecule has 3 heterocycles. The number of primary amides is 1. The zero-order chi connectivity index (χ0) is 15.5. The number of ether oxygens (including phenoxy) is 1. The van der Waals surface area contributed by atoms with Gasteiger partial charge in [0, 0.05) is 24.1 Å². The van der Waals surface area contributed by atoms with Crippen molar-refractivity contribution < 1.29 is 9.53 Å². The van der Waals surface area contributed by atoms with E-state index in [1.165, 1.54) is 17.8 Å². The highest BCUT2D eigenvalue weighted by atomic mass is 35.5. The Morgan fingerprint density at radius 3 is 2.82 bits per heavy atom. The standard InChI is InChI=1S/C15H22ClN3O2S/c16-14-11(9-3-1-5-18-7-9)12(13(22-14)15(17)20)21-8-10-4-2-6-19-10/h9-10,18-19H,1-8H2,(H2,17,20). The summed E-state index contributed by atoms with van der Waals surface area (Å²) in [6.45, 7) is 3.48. The summed E-state index contributed by atoms with van der Waals surface area (Å²) in [5.74, 6) is 0.443. The summed E-state index contributed by atoms with van der Waals surface area (Å²) in [5, 5.41) is 6.78. The number of amides is 1. The van der Waals surface area contributed by atoms with Gasteiger partial charge in [-0.1, -0.05) is 11.6 Å². The molecule has 1 aromatic rings. The van der Waals surface area contributed by atoms with Gasteiger partial charge in [0.2, 0.25) is 0 Å². The van der Waals surface area contributed by atoms with Crippen LogP contribution in [0.25, 0.3) is 0 Å². The van der Waals surface area contributed by atoms with Gasteiger partial charge in [-0.15, -0.1) is 11.3 Å². The number of nitrogens with one attached hydrogen (secondary N) is 2. The van der Waals surface area contributed by atoms with Gasteiger partial charge >= 0.3 is 0 Å². The maximum Gasteiger partial charge on any atom is 0.262 e. The molecule has 2 saturated heterocycles. The van der Waals surface area contributed by atoms with Crippen molar-refractivity contribution in [3.63, 3.8) is 0 Å². The lowest BCUT2D eigenvalue weighted by Crippen LogP contribution is -2.30. The highest BCUT2D eigenvalue weighted by molar-refractivity contribution is 7.18. The second-order valence-corrected chi connectivity index (χ2v) is 7.58. The van der Waals surface area contributed by atoms with E-state index < -0.39 is 5.91 Å². The van der Waals surface area contributed by atoms with E-state index in [9.17, 15) is 4.79 Å². The summed E-state index contributed by atoms with van der Waals surface area (Å²) in [6, 6.07) is 0.344. The molecule has 2 unspecified atom stereocenters. The van der Waals surface area contributed by atoms with Crippen LogP contribution in [0.1, 0.15) is 46.8 Å². The van der Waals surface area contributed by atoms with Gasteiger partial charge in [0.05, 0.1) is 0 Å². The first-order valence-electron chi connectivity index (χ1n) is 7.85. The van der Waals surface area contributed by atoms with E-state index in [1.54, 1.807) is 0 Å². The van der Waals surface area contributed by atoms with E-state index in [0.29, 0.717) is 27.6 Å². The third kappa shape index (κ3) is 3.40. The van der Waals surface area contributed by atoms with Gasteiger partial charge in [-0.05, 0) is 38.8 Å². The molecule has 5 nitrogen and oxygen atoms in total. The SMILES string of the molecule is NC(=O)c1sc(Cl)c(C2CCCNC2)c1OCC1CCCN1. The van der Waals surface area contributed by atoms with Crippen molar-refractivity contribution in [2.75, 3.05) is 26.2 Å². The first kappa shape index (κ1) is 16.1. The van der Waals surface area contributed by atoms with Crippen LogP contribution in [0.5, 0.6) is 5.75 Å². The molecule has 22 heavy (non-hydrogen) atoms. The number of halogens is 1. The number of rotatable bonds is 5. The molecule has 2 atom stereocenters. The lowest BCUT2D eigenvalue weighted by atomic mass is 9.92. The molecular formula is C15H22ClN3O2S. The van der Waals surface area contributed by atoms with Gasteiger partial charge < -0.3 is 21.1 Å². The largest absolute Gasteiger partial charge is 0.490 e. The molecule has 3 rings (SSSR count). The first-order chi connectivity index (χ1) is 10.7. The van der Waals surface area contributed by atoms with Crippen molar-refractivity contribution in [1.29, 1.82) is 0 Å². The predicted molar refractivity (Wildman–Crippen MR) is 89.2 cm³/mol. The van der Waals surface area contributed by atoms with Crippen LogP contribution in [0, 0.1) is 0 Å². The average Bonchev–Trinajstić information content (AvgIpc) is 3.13. The van der Waals surface area contributed by atoms with Crippen LogP contribution in [-0.4, -0.2) is 38.2 Å². The number of piperidine rings is 1. The molecule has 0 bridgehead atoms. The van der Waals surface area contributed by atoms with Crippen LogP contribution in [0.15, 0.2) is 0 Å². The van der Waals surface area contributed by atoms with Gasteiger partial charge in [0.15, 0.2) is 0 Å². The number of hydrogen-bond donors (Lipinski definition) is 3. The number of carbonyl (C=O) groups excluding carboxylic acids is 1. The minimum Gasteiger partial charge on any atom is -0.490 e. The molecule has 0 aliphatic carbocycles. The lowest BCUT2D eigenvalue weighted by molar-refractivity contribution is 0.1000. The Bertz CT molecular complexity index is 537. The summed E-state index contributed by atoms with van der Waals surface area (Å²) < 4.78 is 6.66. The van der Waals surface area contributed by atoms with E-state index >= 15 is 0 Å². The smallest absolute Gasteiger partial charge is 0.262 e. The second-order valence-electron chi connectivity index (χ2n) is 5.96. The minimum atomic E-state index is -0.462. The molecule has 2 fully saturated rings. The van der Waals surface area contributed by atoms with Crippen LogP contribution in [0.3, 0.4) is 0 Å². The third-order valence-electron chi connectivity index (χ3n) is 4.37. The molecule has 1 aromatic heterocycles. The monoisotopic (exact) mass is 343 g/mol. The maximum absolute atomic E-state index is 11.7. The summed E-state index contributed by atoms with van der Waals surface area (Å²) in [7, 11) is 0. The normalized spacial score (nSPS) is 25.3. The average molecular weight is 344 g/mol. The zero-order valence-corrected chi connectivity index (χ0v) is 14.1. The number of nitrogens with two attached hydrogens (primary N) is 1. The fraction of sp³-hybridized carbons (Fsp3) is 0.667. The molecule has 4 N–H and O–H groups in total. The third-order valence-corrected chi connectivity index (χ3v) is 5.80. The Hall–Kier alpha value is -0.820. The molecule has 2 aliphatic heterocycles. The van der Waals surface area contributed by atoms with Crippen LogP contribution >= 0.6 is 22.9 Å². The quantitative estimate of drug-likeness (QED) is 0.765. The fourth-order valence-electron chi connectivity index (χ4n) is 3.23. The minimum absolute atomic E-state index is 0.289. The van der Waals surface area contributed by atoms with Crippen molar-refractivity contribution in [2.45, 2.75) is 37.6 Å². The summed E-state index contributed by atoms with van der Waals surface area (Å²) >= 11 is 7.65. The number of carbonyl (C=O) groups is 1. The first-order valence-corrected chi connectivity index (χ1v) is 9.05. The van der Waals surface area contributed by atoms with E-state index in [1.807, 2.05) is 0 Å². The second kappa shape index (κ2) is 7.17. The highest BCUT2D eigenvalue weighted by Gasteiger charge is 2.29. The van der Waals surface area contributed by atoms with Gasteiger partial charge in [0.25, 0.3) is 5.91 Å². The molecular weight excluding hydrogens is 322 g/mol. The van der Waals surface area contributed by atoms with Gasteiger partial charge in [-0.3, -0.25) is 4.79 Å². The van der Waals surface area contributed by atoms with Crippen LogP contribution in [-0.2, 0) is 0 Å². The Morgan fingerprint density at radius 1 is 1.36 bits per heavy atom. The predicted octanol–water partition coefficient (Wildman–Crippen LogP) is 2.10. The van der Waals surface area contributed by atoms with Crippen molar-refractivity contribution in [1.82, 2.24) is 10.6 Å². The molecule has 122 valence electrons. The van der Waals surface area contributed by atoms with Crippen LogP contribution in [0.4, 0.5) is 0 Å². The van der Waals surface area contributed by atoms with Crippen molar-refractivity contribution in [3.8, 4) is 5.75 Å². The van der Waals surface area contributed by atoms with Crippen LogP contribution in [0.2, 0.25) is 4.34 Å². The van der Waals surface area contributed by atoms with Crippen LogP contribution < -0.4 is 21.1 Å². The van der Waals surface area contributed by atoms with Gasteiger partial charge in [-0.2, -0.15) is 0 Å². The topological polar surface area (TPSA) is 76.4 Å². The Balaban J connectivity index is 1.84. The Labute approximate surface area is 139 Å². The van der Waals surface area contributed by atoms with E-state index in [2.05, 4.69) is 10.6 Å². The lowest BCUT2D eigenvalue weighted by Gasteiger charge is -2.24. The fourth-order valence-corrected chi connectivity index (χ4v) is 4.62. The van der Waals surface area contributed by atoms with Crippen molar-refractivity contribution in [2.24, 2.45) is 5.73 Å². The molecule has 7 heteroatoms. The number of thiophene rings is 1.